The summed E-state index contributed by atoms with van der Waals surface area (Å²) in [6.45, 7) is 9.62. The number of carbonyl (C=O) groups excluding carboxylic acids is 2. The number of nitrogens with zero attached hydrogens (tertiary/aromatic N) is 1. The fourth-order valence-corrected chi connectivity index (χ4v) is 3.62. The largest absolute Gasteiger partial charge is 0.338 e. The molecule has 2 fully saturated rings. The molecule has 2 atom stereocenters. The summed E-state index contributed by atoms with van der Waals surface area (Å²) in [4.78, 5) is 27.0. The Morgan fingerprint density at radius 2 is 2.04 bits per heavy atom. The lowest BCUT2D eigenvalue weighted by atomic mass is 9.88. The van der Waals surface area contributed by atoms with E-state index in [0.29, 0.717) is 17.4 Å². The van der Waals surface area contributed by atoms with E-state index in [1.54, 1.807) is 0 Å². The molecule has 144 valence electrons. The first-order valence-corrected chi connectivity index (χ1v) is 9.37. The van der Waals surface area contributed by atoms with E-state index in [1.165, 1.54) is 6.42 Å². The SMILES string of the molecule is Cc1cc(C(=O)N2CCCC(C)C2)ccc1NC(=O)C(C)C1CNC1.Cl. The smallest absolute Gasteiger partial charge is 0.253 e. The van der Waals surface area contributed by atoms with Crippen LogP contribution in [0.5, 0.6) is 0 Å². The summed E-state index contributed by atoms with van der Waals surface area (Å²) >= 11 is 0. The van der Waals surface area contributed by atoms with Gasteiger partial charge >= 0.3 is 0 Å². The van der Waals surface area contributed by atoms with Crippen LogP contribution in [-0.4, -0.2) is 42.9 Å². The number of hydrogen-bond donors (Lipinski definition) is 2. The van der Waals surface area contributed by atoms with Crippen LogP contribution in [0.4, 0.5) is 5.69 Å². The second-order valence-corrected chi connectivity index (χ2v) is 7.72. The van der Waals surface area contributed by atoms with Crippen LogP contribution >= 0.6 is 12.4 Å². The fraction of sp³-hybridized carbons (Fsp3) is 0.600. The Hall–Kier alpha value is -1.59. The summed E-state index contributed by atoms with van der Waals surface area (Å²) < 4.78 is 0. The van der Waals surface area contributed by atoms with Crippen molar-refractivity contribution in [1.82, 2.24) is 10.2 Å². The fourth-order valence-electron chi connectivity index (χ4n) is 3.62. The van der Waals surface area contributed by atoms with E-state index in [9.17, 15) is 9.59 Å². The molecule has 0 saturated carbocycles. The Balaban J connectivity index is 0.00000243. The van der Waals surface area contributed by atoms with Crippen LogP contribution in [0, 0.1) is 24.7 Å². The number of aryl methyl sites for hydroxylation is 1. The molecule has 2 saturated heterocycles. The first-order valence-electron chi connectivity index (χ1n) is 9.37. The standard InChI is InChI=1S/C20H29N3O2.ClH/c1-13-5-4-8-23(12-13)20(25)16-6-7-18(14(2)9-16)22-19(24)15(3)17-10-21-11-17;/h6-7,9,13,15,17,21H,4-5,8,10-12H2,1-3H3,(H,22,24);1H. The molecule has 1 aromatic carbocycles. The number of benzene rings is 1. The molecule has 0 spiro atoms. The molecule has 2 heterocycles. The van der Waals surface area contributed by atoms with E-state index in [0.717, 1.165) is 43.9 Å². The zero-order valence-corrected chi connectivity index (χ0v) is 16.7. The Labute approximate surface area is 162 Å². The number of amides is 2. The number of halogens is 1. The average Bonchev–Trinajstić information content (AvgIpc) is 2.54. The van der Waals surface area contributed by atoms with Gasteiger partial charge in [0, 0.05) is 30.3 Å². The molecule has 0 aliphatic carbocycles. The lowest BCUT2D eigenvalue weighted by molar-refractivity contribution is -0.121. The highest BCUT2D eigenvalue weighted by atomic mass is 35.5. The van der Waals surface area contributed by atoms with Gasteiger partial charge in [0.1, 0.15) is 0 Å². The number of carbonyl (C=O) groups is 2. The predicted octanol–water partition coefficient (Wildman–Crippen LogP) is 3.08. The first-order chi connectivity index (χ1) is 12.0. The van der Waals surface area contributed by atoms with E-state index in [1.807, 2.05) is 36.9 Å². The maximum atomic E-state index is 12.7. The van der Waals surface area contributed by atoms with Crippen molar-refractivity contribution in [3.05, 3.63) is 29.3 Å². The molecule has 0 radical (unpaired) electrons. The Kier molecular flexibility index (Phi) is 7.07. The lowest BCUT2D eigenvalue weighted by Crippen LogP contribution is -2.48. The van der Waals surface area contributed by atoms with Gasteiger partial charge in [-0.05, 0) is 68.5 Å². The molecule has 2 aliphatic rings. The van der Waals surface area contributed by atoms with Gasteiger partial charge in [-0.3, -0.25) is 9.59 Å². The monoisotopic (exact) mass is 379 g/mol. The summed E-state index contributed by atoms with van der Waals surface area (Å²) in [5, 5.41) is 6.22. The second kappa shape index (κ2) is 8.87. The molecule has 0 aromatic heterocycles. The van der Waals surface area contributed by atoms with Gasteiger partial charge in [-0.2, -0.15) is 0 Å². The summed E-state index contributed by atoms with van der Waals surface area (Å²) in [5.41, 5.74) is 2.44. The minimum atomic E-state index is -0.00297. The minimum absolute atomic E-state index is 0. The van der Waals surface area contributed by atoms with Gasteiger partial charge in [-0.1, -0.05) is 13.8 Å². The molecule has 2 aliphatic heterocycles. The van der Waals surface area contributed by atoms with Crippen molar-refractivity contribution in [3.8, 4) is 0 Å². The summed E-state index contributed by atoms with van der Waals surface area (Å²) in [7, 11) is 0. The van der Waals surface area contributed by atoms with E-state index in [-0.39, 0.29) is 30.1 Å². The van der Waals surface area contributed by atoms with Crippen LogP contribution in [0.2, 0.25) is 0 Å². The number of piperidine rings is 1. The van der Waals surface area contributed by atoms with Gasteiger partial charge in [-0.25, -0.2) is 0 Å². The molecular weight excluding hydrogens is 350 g/mol. The predicted molar refractivity (Wildman–Crippen MR) is 107 cm³/mol. The topological polar surface area (TPSA) is 61.4 Å². The number of hydrogen-bond acceptors (Lipinski definition) is 3. The number of anilines is 1. The van der Waals surface area contributed by atoms with Crippen LogP contribution in [-0.2, 0) is 4.79 Å². The van der Waals surface area contributed by atoms with Gasteiger partial charge in [0.05, 0.1) is 0 Å². The van der Waals surface area contributed by atoms with Crippen molar-refractivity contribution in [1.29, 1.82) is 0 Å². The van der Waals surface area contributed by atoms with Crippen LogP contribution in [0.25, 0.3) is 0 Å². The summed E-state index contributed by atoms with van der Waals surface area (Å²) in [6, 6.07) is 5.59. The number of nitrogens with one attached hydrogen (secondary N) is 2. The van der Waals surface area contributed by atoms with Crippen LogP contribution in [0.3, 0.4) is 0 Å². The maximum Gasteiger partial charge on any atom is 0.253 e. The van der Waals surface area contributed by atoms with Crippen molar-refractivity contribution in [2.24, 2.45) is 17.8 Å². The van der Waals surface area contributed by atoms with Crippen molar-refractivity contribution in [2.45, 2.75) is 33.6 Å². The first kappa shape index (κ1) is 20.7. The molecule has 1 aromatic rings. The Bertz CT molecular complexity index is 660. The quantitative estimate of drug-likeness (QED) is 0.845. The molecule has 2 unspecified atom stereocenters. The van der Waals surface area contributed by atoms with E-state index >= 15 is 0 Å². The molecule has 2 N–H and O–H groups in total. The zero-order valence-electron chi connectivity index (χ0n) is 15.9. The summed E-state index contributed by atoms with van der Waals surface area (Å²) in [5.74, 6) is 1.14. The molecular formula is C20H30ClN3O2. The molecule has 6 heteroatoms. The summed E-state index contributed by atoms with van der Waals surface area (Å²) in [6.07, 6.45) is 2.27. The highest BCUT2D eigenvalue weighted by Gasteiger charge is 2.29. The molecule has 5 nitrogen and oxygen atoms in total. The highest BCUT2D eigenvalue weighted by Crippen LogP contribution is 2.23. The van der Waals surface area contributed by atoms with E-state index in [4.69, 9.17) is 0 Å². The van der Waals surface area contributed by atoms with Gasteiger partial charge in [-0.15, -0.1) is 12.4 Å². The molecule has 2 amide bonds. The number of rotatable bonds is 4. The highest BCUT2D eigenvalue weighted by molar-refractivity contribution is 5.97. The normalized spacial score (nSPS) is 21.3. The van der Waals surface area contributed by atoms with Crippen molar-refractivity contribution in [3.63, 3.8) is 0 Å². The van der Waals surface area contributed by atoms with Gasteiger partial charge < -0.3 is 15.5 Å². The van der Waals surface area contributed by atoms with Gasteiger partial charge in [0.2, 0.25) is 5.91 Å². The second-order valence-electron chi connectivity index (χ2n) is 7.72. The lowest BCUT2D eigenvalue weighted by Gasteiger charge is -2.32. The van der Waals surface area contributed by atoms with Gasteiger partial charge in [0.15, 0.2) is 0 Å². The van der Waals surface area contributed by atoms with Crippen molar-refractivity contribution < 1.29 is 9.59 Å². The maximum absolute atomic E-state index is 12.7. The van der Waals surface area contributed by atoms with E-state index in [2.05, 4.69) is 17.6 Å². The average molecular weight is 380 g/mol. The van der Waals surface area contributed by atoms with Gasteiger partial charge in [0.25, 0.3) is 5.91 Å². The van der Waals surface area contributed by atoms with Crippen LogP contribution in [0.1, 0.15) is 42.6 Å². The van der Waals surface area contributed by atoms with Crippen LogP contribution < -0.4 is 10.6 Å². The zero-order chi connectivity index (χ0) is 18.0. The third kappa shape index (κ3) is 4.57. The van der Waals surface area contributed by atoms with Crippen molar-refractivity contribution >= 4 is 29.9 Å². The Morgan fingerprint density at radius 3 is 2.62 bits per heavy atom. The Morgan fingerprint density at radius 1 is 1.31 bits per heavy atom. The molecule has 26 heavy (non-hydrogen) atoms. The minimum Gasteiger partial charge on any atom is -0.338 e. The molecule has 3 rings (SSSR count). The molecule has 0 bridgehead atoms. The number of likely N-dealkylation sites (tertiary alicyclic amines) is 1. The third-order valence-electron chi connectivity index (χ3n) is 5.61. The van der Waals surface area contributed by atoms with Crippen LogP contribution in [0.15, 0.2) is 18.2 Å². The third-order valence-corrected chi connectivity index (χ3v) is 5.61. The van der Waals surface area contributed by atoms with E-state index < -0.39 is 0 Å². The van der Waals surface area contributed by atoms with Crippen molar-refractivity contribution in [2.75, 3.05) is 31.5 Å².